The van der Waals surface area contributed by atoms with Gasteiger partial charge in [0.25, 0.3) is 0 Å². The molecule has 1 unspecified atom stereocenters. The fraction of sp³-hybridized carbons (Fsp3) is 0.500. The molecule has 1 aromatic heterocycles. The molecular formula is C14H21N3. The van der Waals surface area contributed by atoms with Gasteiger partial charge in [-0.25, -0.2) is 4.98 Å². The molecule has 2 aromatic rings. The van der Waals surface area contributed by atoms with E-state index in [0.29, 0.717) is 5.92 Å². The summed E-state index contributed by atoms with van der Waals surface area (Å²) in [5.41, 5.74) is 9.32. The maximum atomic E-state index is 5.76. The second-order valence-corrected chi connectivity index (χ2v) is 4.79. The topological polar surface area (TPSA) is 43.8 Å². The molecule has 17 heavy (non-hydrogen) atoms. The van der Waals surface area contributed by atoms with Crippen molar-refractivity contribution in [3.63, 3.8) is 0 Å². The summed E-state index contributed by atoms with van der Waals surface area (Å²) < 4.78 is 2.19. The minimum Gasteiger partial charge on any atom is -0.331 e. The van der Waals surface area contributed by atoms with Gasteiger partial charge >= 0.3 is 0 Å². The predicted molar refractivity (Wildman–Crippen MR) is 72.0 cm³/mol. The van der Waals surface area contributed by atoms with Crippen LogP contribution in [0.1, 0.15) is 24.7 Å². The number of aromatic nitrogens is 2. The van der Waals surface area contributed by atoms with Crippen molar-refractivity contribution in [1.82, 2.24) is 9.55 Å². The van der Waals surface area contributed by atoms with Gasteiger partial charge in [-0.1, -0.05) is 19.4 Å². The second kappa shape index (κ2) is 4.88. The maximum absolute atomic E-state index is 5.76. The Morgan fingerprint density at radius 3 is 2.82 bits per heavy atom. The summed E-state index contributed by atoms with van der Waals surface area (Å²) in [7, 11) is 2.09. The lowest BCUT2D eigenvalue weighted by Gasteiger charge is -2.11. The second-order valence-electron chi connectivity index (χ2n) is 4.79. The molecule has 0 saturated heterocycles. The highest BCUT2D eigenvalue weighted by Gasteiger charge is 2.12. The van der Waals surface area contributed by atoms with E-state index in [1.54, 1.807) is 0 Å². The average Bonchev–Trinajstić information content (AvgIpc) is 2.62. The molecule has 0 bridgehead atoms. The van der Waals surface area contributed by atoms with E-state index in [-0.39, 0.29) is 0 Å². The Morgan fingerprint density at radius 1 is 1.41 bits per heavy atom. The Bertz CT molecular complexity index is 509. The molecule has 0 radical (unpaired) electrons. The molecular weight excluding hydrogens is 210 g/mol. The largest absolute Gasteiger partial charge is 0.331 e. The van der Waals surface area contributed by atoms with Crippen LogP contribution in [0.15, 0.2) is 18.2 Å². The monoisotopic (exact) mass is 231 g/mol. The van der Waals surface area contributed by atoms with E-state index in [1.807, 2.05) is 0 Å². The van der Waals surface area contributed by atoms with Crippen LogP contribution >= 0.6 is 0 Å². The number of fused-ring (bicyclic) bond motifs is 1. The van der Waals surface area contributed by atoms with E-state index in [0.717, 1.165) is 30.7 Å². The highest BCUT2D eigenvalue weighted by Crippen LogP contribution is 2.19. The molecule has 0 spiro atoms. The SMILES string of the molecule is CCC(CN)Cc1nc2cc(C)ccc2n1C. The first kappa shape index (κ1) is 12.1. The van der Waals surface area contributed by atoms with E-state index in [2.05, 4.69) is 43.7 Å². The van der Waals surface area contributed by atoms with Crippen LogP contribution in [0.4, 0.5) is 0 Å². The Kier molecular flexibility index (Phi) is 3.48. The third kappa shape index (κ3) is 2.34. The molecule has 0 aliphatic carbocycles. The molecule has 3 nitrogen and oxygen atoms in total. The molecule has 1 heterocycles. The van der Waals surface area contributed by atoms with Gasteiger partial charge in [0.15, 0.2) is 0 Å². The lowest BCUT2D eigenvalue weighted by molar-refractivity contribution is 0.499. The third-order valence-electron chi connectivity index (χ3n) is 3.51. The summed E-state index contributed by atoms with van der Waals surface area (Å²) in [4.78, 5) is 4.72. The van der Waals surface area contributed by atoms with Crippen molar-refractivity contribution in [2.45, 2.75) is 26.7 Å². The Hall–Kier alpha value is -1.35. The zero-order valence-corrected chi connectivity index (χ0v) is 10.9. The first-order valence-electron chi connectivity index (χ1n) is 6.27. The smallest absolute Gasteiger partial charge is 0.109 e. The van der Waals surface area contributed by atoms with Crippen LogP contribution in [-0.2, 0) is 13.5 Å². The number of rotatable bonds is 4. The lowest BCUT2D eigenvalue weighted by atomic mass is 10.0. The highest BCUT2D eigenvalue weighted by atomic mass is 15.1. The van der Waals surface area contributed by atoms with E-state index in [4.69, 9.17) is 10.7 Å². The highest BCUT2D eigenvalue weighted by molar-refractivity contribution is 5.76. The Balaban J connectivity index is 2.38. The van der Waals surface area contributed by atoms with Crippen molar-refractivity contribution in [2.75, 3.05) is 6.54 Å². The van der Waals surface area contributed by atoms with Crippen LogP contribution in [0, 0.1) is 12.8 Å². The third-order valence-corrected chi connectivity index (χ3v) is 3.51. The van der Waals surface area contributed by atoms with Gasteiger partial charge in [-0.05, 0) is 37.1 Å². The molecule has 0 aliphatic rings. The fourth-order valence-electron chi connectivity index (χ4n) is 2.19. The van der Waals surface area contributed by atoms with Gasteiger partial charge < -0.3 is 10.3 Å². The molecule has 0 saturated carbocycles. The molecule has 0 fully saturated rings. The van der Waals surface area contributed by atoms with E-state index >= 15 is 0 Å². The summed E-state index contributed by atoms with van der Waals surface area (Å²) >= 11 is 0. The molecule has 1 aromatic carbocycles. The van der Waals surface area contributed by atoms with E-state index < -0.39 is 0 Å². The number of nitrogens with zero attached hydrogens (tertiary/aromatic N) is 2. The minimum absolute atomic E-state index is 0.534. The quantitative estimate of drug-likeness (QED) is 0.878. The van der Waals surface area contributed by atoms with Crippen molar-refractivity contribution in [1.29, 1.82) is 0 Å². The lowest BCUT2D eigenvalue weighted by Crippen LogP contribution is -2.17. The van der Waals surface area contributed by atoms with Gasteiger partial charge in [-0.2, -0.15) is 0 Å². The number of nitrogens with two attached hydrogens (primary N) is 1. The van der Waals surface area contributed by atoms with E-state index in [1.165, 1.54) is 11.1 Å². The molecule has 0 amide bonds. The van der Waals surface area contributed by atoms with Gasteiger partial charge in [0.1, 0.15) is 5.82 Å². The Morgan fingerprint density at radius 2 is 2.18 bits per heavy atom. The predicted octanol–water partition coefficient (Wildman–Crippen LogP) is 2.41. The van der Waals surface area contributed by atoms with Crippen molar-refractivity contribution >= 4 is 11.0 Å². The fourth-order valence-corrected chi connectivity index (χ4v) is 2.19. The molecule has 1 atom stereocenters. The van der Waals surface area contributed by atoms with Crippen LogP contribution in [0.25, 0.3) is 11.0 Å². The van der Waals surface area contributed by atoms with Crippen LogP contribution in [0.5, 0.6) is 0 Å². The average molecular weight is 231 g/mol. The van der Waals surface area contributed by atoms with Gasteiger partial charge in [0.2, 0.25) is 0 Å². The van der Waals surface area contributed by atoms with Crippen LogP contribution < -0.4 is 5.73 Å². The zero-order valence-electron chi connectivity index (χ0n) is 10.9. The summed E-state index contributed by atoms with van der Waals surface area (Å²) in [5, 5.41) is 0. The normalized spacial score (nSPS) is 13.2. The van der Waals surface area contributed by atoms with Crippen molar-refractivity contribution in [3.05, 3.63) is 29.6 Å². The summed E-state index contributed by atoms with van der Waals surface area (Å²) in [6.07, 6.45) is 2.08. The first-order chi connectivity index (χ1) is 8.15. The molecule has 2 N–H and O–H groups in total. The number of benzene rings is 1. The Labute approximate surface area is 103 Å². The number of hydrogen-bond donors (Lipinski definition) is 1. The summed E-state index contributed by atoms with van der Waals surface area (Å²) in [6.45, 7) is 5.02. The summed E-state index contributed by atoms with van der Waals surface area (Å²) in [6, 6.07) is 6.42. The number of aryl methyl sites for hydroxylation is 2. The standard InChI is InChI=1S/C14H21N3/c1-4-11(9-15)8-14-16-12-7-10(2)5-6-13(12)17(14)3/h5-7,11H,4,8-9,15H2,1-3H3. The van der Waals surface area contributed by atoms with E-state index in [9.17, 15) is 0 Å². The zero-order chi connectivity index (χ0) is 12.4. The van der Waals surface area contributed by atoms with Gasteiger partial charge in [-0.3, -0.25) is 0 Å². The first-order valence-corrected chi connectivity index (χ1v) is 6.27. The molecule has 92 valence electrons. The summed E-state index contributed by atoms with van der Waals surface area (Å²) in [5.74, 6) is 1.68. The van der Waals surface area contributed by atoms with Gasteiger partial charge in [0.05, 0.1) is 11.0 Å². The van der Waals surface area contributed by atoms with Crippen molar-refractivity contribution < 1.29 is 0 Å². The molecule has 3 heteroatoms. The maximum Gasteiger partial charge on any atom is 0.109 e. The number of hydrogen-bond acceptors (Lipinski definition) is 2. The van der Waals surface area contributed by atoms with Crippen LogP contribution in [0.2, 0.25) is 0 Å². The number of imidazole rings is 1. The van der Waals surface area contributed by atoms with Crippen LogP contribution in [0.3, 0.4) is 0 Å². The molecule has 0 aliphatic heterocycles. The minimum atomic E-state index is 0.534. The van der Waals surface area contributed by atoms with Crippen molar-refractivity contribution in [2.24, 2.45) is 18.7 Å². The van der Waals surface area contributed by atoms with Crippen molar-refractivity contribution in [3.8, 4) is 0 Å². The van der Waals surface area contributed by atoms with Gasteiger partial charge in [-0.15, -0.1) is 0 Å². The van der Waals surface area contributed by atoms with Gasteiger partial charge in [0, 0.05) is 13.5 Å². The van der Waals surface area contributed by atoms with Crippen LogP contribution in [-0.4, -0.2) is 16.1 Å². The molecule has 2 rings (SSSR count).